The summed E-state index contributed by atoms with van der Waals surface area (Å²) in [7, 11) is 0. The van der Waals surface area contributed by atoms with Crippen LogP contribution in [-0.4, -0.2) is 18.8 Å². The van der Waals surface area contributed by atoms with Crippen molar-refractivity contribution in [1.82, 2.24) is 0 Å². The highest BCUT2D eigenvalue weighted by molar-refractivity contribution is 8.01. The summed E-state index contributed by atoms with van der Waals surface area (Å²) in [5.74, 6) is 0. The molecule has 1 heterocycles. The van der Waals surface area contributed by atoms with E-state index in [0.29, 0.717) is 0 Å². The molecule has 0 atom stereocenters. The Labute approximate surface area is 78.6 Å². The van der Waals surface area contributed by atoms with Crippen LogP contribution >= 0.6 is 34.9 Å². The predicted molar refractivity (Wildman–Crippen MR) is 53.3 cm³/mol. The van der Waals surface area contributed by atoms with Crippen LogP contribution in [0, 0.1) is 0 Å². The Morgan fingerprint density at radius 3 is 2.55 bits per heavy atom. The fraction of sp³-hybridized carbons (Fsp3) is 0.286. The molecular formula is C7H8OS3. The third-order valence-electron chi connectivity index (χ3n) is 1.23. The molecule has 0 saturated heterocycles. The molecule has 11 heavy (non-hydrogen) atoms. The first-order valence-electron chi connectivity index (χ1n) is 2.98. The third-order valence-corrected chi connectivity index (χ3v) is 4.26. The number of hydrogen-bond donors (Lipinski definition) is 0. The van der Waals surface area contributed by atoms with Crippen LogP contribution in [0.4, 0.5) is 0 Å². The van der Waals surface area contributed by atoms with Gasteiger partial charge in [0.2, 0.25) is 0 Å². The molecule has 0 aliphatic rings. The summed E-state index contributed by atoms with van der Waals surface area (Å²) in [4.78, 5) is 12.4. The molecule has 0 unspecified atom stereocenters. The molecule has 1 rings (SSSR count). The van der Waals surface area contributed by atoms with Gasteiger partial charge in [-0.1, -0.05) is 0 Å². The fourth-order valence-electron chi connectivity index (χ4n) is 0.709. The second-order valence-corrected chi connectivity index (χ2v) is 4.86. The van der Waals surface area contributed by atoms with Crippen molar-refractivity contribution in [1.29, 1.82) is 0 Å². The molecule has 0 aromatic carbocycles. The molecule has 0 amide bonds. The fourth-order valence-corrected chi connectivity index (χ4v) is 3.16. The summed E-state index contributed by atoms with van der Waals surface area (Å²) < 4.78 is 1.21. The van der Waals surface area contributed by atoms with Crippen LogP contribution < -0.4 is 0 Å². The number of aldehydes is 1. The van der Waals surface area contributed by atoms with Gasteiger partial charge in [0.1, 0.15) is 0 Å². The van der Waals surface area contributed by atoms with Crippen molar-refractivity contribution in [3.8, 4) is 0 Å². The zero-order valence-electron chi connectivity index (χ0n) is 6.29. The van der Waals surface area contributed by atoms with Gasteiger partial charge in [0.05, 0.1) is 9.09 Å². The molecule has 1 aromatic rings. The van der Waals surface area contributed by atoms with Gasteiger partial charge < -0.3 is 0 Å². The van der Waals surface area contributed by atoms with Gasteiger partial charge >= 0.3 is 0 Å². The minimum absolute atomic E-state index is 0.849. The number of thioether (sulfide) groups is 2. The predicted octanol–water partition coefficient (Wildman–Crippen LogP) is 3.00. The van der Waals surface area contributed by atoms with E-state index in [1.165, 1.54) is 4.21 Å². The Kier molecular flexibility index (Phi) is 3.48. The summed E-state index contributed by atoms with van der Waals surface area (Å²) in [6, 6.07) is 2.06. The van der Waals surface area contributed by atoms with Crippen LogP contribution in [0.2, 0.25) is 0 Å². The molecule has 0 fully saturated rings. The largest absolute Gasteiger partial charge is 0.297 e. The monoisotopic (exact) mass is 204 g/mol. The maximum atomic E-state index is 10.5. The lowest BCUT2D eigenvalue weighted by Crippen LogP contribution is -1.71. The Bertz CT molecular complexity index is 254. The lowest BCUT2D eigenvalue weighted by atomic mass is 10.5. The van der Waals surface area contributed by atoms with Gasteiger partial charge in [0.25, 0.3) is 0 Å². The SMILES string of the molecule is CSc1cc(SC)c(C=O)s1. The number of hydrogen-bond acceptors (Lipinski definition) is 4. The topological polar surface area (TPSA) is 17.1 Å². The number of carbonyl (C=O) groups is 1. The van der Waals surface area contributed by atoms with Gasteiger partial charge in [-0.2, -0.15) is 0 Å². The average molecular weight is 204 g/mol. The van der Waals surface area contributed by atoms with Gasteiger partial charge in [-0.3, -0.25) is 4.79 Å². The van der Waals surface area contributed by atoms with Crippen LogP contribution in [0.15, 0.2) is 15.2 Å². The zero-order chi connectivity index (χ0) is 8.27. The summed E-state index contributed by atoms with van der Waals surface area (Å²) in [5.41, 5.74) is 0. The van der Waals surface area contributed by atoms with Crippen molar-refractivity contribution in [2.24, 2.45) is 0 Å². The molecular weight excluding hydrogens is 196 g/mol. The second-order valence-electron chi connectivity index (χ2n) is 1.82. The van der Waals surface area contributed by atoms with Crippen molar-refractivity contribution in [3.05, 3.63) is 10.9 Å². The third kappa shape index (κ3) is 2.01. The molecule has 60 valence electrons. The van der Waals surface area contributed by atoms with E-state index in [1.54, 1.807) is 34.9 Å². The lowest BCUT2D eigenvalue weighted by Gasteiger charge is -1.86. The van der Waals surface area contributed by atoms with E-state index in [-0.39, 0.29) is 0 Å². The molecule has 0 saturated carbocycles. The highest BCUT2D eigenvalue weighted by Gasteiger charge is 2.05. The maximum absolute atomic E-state index is 10.5. The Morgan fingerprint density at radius 1 is 1.45 bits per heavy atom. The van der Waals surface area contributed by atoms with Gasteiger partial charge in [-0.25, -0.2) is 0 Å². The van der Waals surface area contributed by atoms with Crippen molar-refractivity contribution in [2.45, 2.75) is 9.10 Å². The van der Waals surface area contributed by atoms with Crippen LogP contribution in [-0.2, 0) is 0 Å². The molecule has 1 aromatic heterocycles. The summed E-state index contributed by atoms with van der Waals surface area (Å²) in [6.07, 6.45) is 4.93. The molecule has 0 spiro atoms. The lowest BCUT2D eigenvalue weighted by molar-refractivity contribution is 0.112. The average Bonchev–Trinajstić information content (AvgIpc) is 2.46. The van der Waals surface area contributed by atoms with Gasteiger partial charge in [-0.15, -0.1) is 34.9 Å². The van der Waals surface area contributed by atoms with E-state index in [2.05, 4.69) is 6.07 Å². The van der Waals surface area contributed by atoms with E-state index in [9.17, 15) is 4.79 Å². The van der Waals surface area contributed by atoms with E-state index >= 15 is 0 Å². The molecule has 0 aliphatic carbocycles. The Hall–Kier alpha value is 0.0700. The zero-order valence-corrected chi connectivity index (χ0v) is 8.74. The van der Waals surface area contributed by atoms with Crippen molar-refractivity contribution < 1.29 is 4.79 Å². The maximum Gasteiger partial charge on any atom is 0.161 e. The van der Waals surface area contributed by atoms with E-state index < -0.39 is 0 Å². The Balaban J connectivity index is 3.01. The van der Waals surface area contributed by atoms with Gasteiger partial charge in [-0.05, 0) is 18.6 Å². The van der Waals surface area contributed by atoms with E-state index in [0.717, 1.165) is 16.1 Å². The molecule has 0 aliphatic heterocycles. The van der Waals surface area contributed by atoms with Crippen LogP contribution in [0.3, 0.4) is 0 Å². The standard InChI is InChI=1S/C7H8OS3/c1-9-5-3-7(10-2)11-6(5)4-8/h3-4H,1-2H3. The van der Waals surface area contributed by atoms with Gasteiger partial charge in [0.15, 0.2) is 6.29 Å². The second kappa shape index (κ2) is 4.18. The molecule has 0 N–H and O–H groups in total. The summed E-state index contributed by atoms with van der Waals surface area (Å²) in [6.45, 7) is 0. The molecule has 1 nitrogen and oxygen atoms in total. The minimum Gasteiger partial charge on any atom is -0.297 e. The van der Waals surface area contributed by atoms with Gasteiger partial charge in [0, 0.05) is 4.90 Å². The first kappa shape index (κ1) is 9.16. The smallest absolute Gasteiger partial charge is 0.161 e. The first-order valence-corrected chi connectivity index (χ1v) is 6.25. The van der Waals surface area contributed by atoms with Crippen LogP contribution in [0.1, 0.15) is 9.67 Å². The number of carbonyl (C=O) groups excluding carboxylic acids is 1. The van der Waals surface area contributed by atoms with Crippen molar-refractivity contribution >= 4 is 41.1 Å². The Morgan fingerprint density at radius 2 is 2.18 bits per heavy atom. The molecule has 0 bridgehead atoms. The minimum atomic E-state index is 0.849. The normalized spacial score (nSPS) is 10.0. The number of thiophene rings is 1. The molecule has 4 heteroatoms. The van der Waals surface area contributed by atoms with Crippen molar-refractivity contribution in [3.63, 3.8) is 0 Å². The first-order chi connectivity index (χ1) is 5.31. The quantitative estimate of drug-likeness (QED) is 0.556. The van der Waals surface area contributed by atoms with E-state index in [1.807, 2.05) is 12.5 Å². The number of rotatable bonds is 3. The van der Waals surface area contributed by atoms with Crippen molar-refractivity contribution in [2.75, 3.05) is 12.5 Å². The van der Waals surface area contributed by atoms with Crippen LogP contribution in [0.5, 0.6) is 0 Å². The molecule has 0 radical (unpaired) electrons. The van der Waals surface area contributed by atoms with E-state index in [4.69, 9.17) is 0 Å². The summed E-state index contributed by atoms with van der Waals surface area (Å²) >= 11 is 4.86. The van der Waals surface area contributed by atoms with Crippen LogP contribution in [0.25, 0.3) is 0 Å². The highest BCUT2D eigenvalue weighted by atomic mass is 32.2. The highest BCUT2D eigenvalue weighted by Crippen LogP contribution is 2.33. The summed E-state index contributed by atoms with van der Waals surface area (Å²) in [5, 5.41) is 0.